The molecule has 2 heterocycles. The number of amides is 1. The van der Waals surface area contributed by atoms with Crippen LogP contribution >= 0.6 is 0 Å². The van der Waals surface area contributed by atoms with Crippen molar-refractivity contribution in [2.75, 3.05) is 0 Å². The van der Waals surface area contributed by atoms with E-state index < -0.39 is 23.2 Å². The fraction of sp³-hybridized carbons (Fsp3) is 0.179. The van der Waals surface area contributed by atoms with Gasteiger partial charge in [0.05, 0.1) is 27.7 Å². The summed E-state index contributed by atoms with van der Waals surface area (Å²) in [5.74, 6) is -1.37. The maximum absolute atomic E-state index is 13.7. The van der Waals surface area contributed by atoms with E-state index in [-0.39, 0.29) is 18.0 Å². The predicted molar refractivity (Wildman–Crippen MR) is 132 cm³/mol. The second-order valence-corrected chi connectivity index (χ2v) is 9.44. The van der Waals surface area contributed by atoms with Gasteiger partial charge in [-0.05, 0) is 60.4 Å². The Morgan fingerprint density at radius 2 is 1.76 bits per heavy atom. The third-order valence-corrected chi connectivity index (χ3v) is 7.01. The van der Waals surface area contributed by atoms with Gasteiger partial charge in [0, 0.05) is 18.1 Å². The van der Waals surface area contributed by atoms with Gasteiger partial charge in [0.15, 0.2) is 12.0 Å². The third-order valence-electron chi connectivity index (χ3n) is 7.01. The van der Waals surface area contributed by atoms with Gasteiger partial charge in [0.1, 0.15) is 5.52 Å². The van der Waals surface area contributed by atoms with Crippen molar-refractivity contribution >= 4 is 33.9 Å². The predicted octanol–water partition coefficient (Wildman–Crippen LogP) is 5.97. The second-order valence-electron chi connectivity index (χ2n) is 9.44. The second kappa shape index (κ2) is 8.47. The molecule has 3 aromatic carbocycles. The molecule has 1 fully saturated rings. The summed E-state index contributed by atoms with van der Waals surface area (Å²) in [6, 6.07) is 14.8. The molecule has 1 saturated carbocycles. The number of aromatic nitrogens is 2. The normalized spacial score (nSPS) is 14.6. The van der Waals surface area contributed by atoms with Gasteiger partial charge >= 0.3 is 12.1 Å². The minimum absolute atomic E-state index is 0.162. The number of hydrogen-bond donors (Lipinski definition) is 2. The number of carboxylic acids is 1. The van der Waals surface area contributed by atoms with E-state index in [9.17, 15) is 27.9 Å². The number of carbonyl (C=O) groups is 2. The number of alkyl halides is 3. The van der Waals surface area contributed by atoms with Crippen LogP contribution in [0.3, 0.4) is 0 Å². The number of carbonyl (C=O) groups excluding carboxylic acids is 1. The van der Waals surface area contributed by atoms with Gasteiger partial charge in [-0.25, -0.2) is 9.78 Å². The number of benzene rings is 3. The van der Waals surface area contributed by atoms with Gasteiger partial charge in [-0.1, -0.05) is 24.3 Å². The van der Waals surface area contributed by atoms with Crippen molar-refractivity contribution < 1.29 is 32.3 Å². The highest BCUT2D eigenvalue weighted by Gasteiger charge is 2.46. The average molecular weight is 519 g/mol. The summed E-state index contributed by atoms with van der Waals surface area (Å²) < 4.78 is 46.3. The lowest BCUT2D eigenvalue weighted by atomic mass is 10.0. The number of hydrogen-bond acceptors (Lipinski definition) is 4. The van der Waals surface area contributed by atoms with Crippen LogP contribution in [0.15, 0.2) is 77.7 Å². The van der Waals surface area contributed by atoms with Crippen molar-refractivity contribution in [2.24, 2.45) is 0 Å². The molecule has 2 N–H and O–H groups in total. The highest BCUT2D eigenvalue weighted by Crippen LogP contribution is 2.46. The summed E-state index contributed by atoms with van der Waals surface area (Å²) >= 11 is 0. The van der Waals surface area contributed by atoms with Crippen LogP contribution in [-0.2, 0) is 18.3 Å². The standard InChI is InChI=1S/C28H20F3N3O4/c29-28(30,31)19-5-1-16(2-6-19)14-34-12-9-20-23-22(38-15-32-23)13-21(24(20)34)25(35)33-27(10-11-27)18-7-3-17(4-8-18)26(36)37/h1-9,12-13,15H,10-11,14H2,(H,33,35)(H,36,37). The number of rotatable bonds is 6. The molecule has 0 bridgehead atoms. The molecule has 38 heavy (non-hydrogen) atoms. The Balaban J connectivity index is 1.36. The Morgan fingerprint density at radius 1 is 1.05 bits per heavy atom. The molecule has 0 saturated heterocycles. The topological polar surface area (TPSA) is 97.4 Å². The smallest absolute Gasteiger partial charge is 0.416 e. The number of nitrogens with one attached hydrogen (secondary N) is 1. The van der Waals surface area contributed by atoms with Crippen molar-refractivity contribution in [3.8, 4) is 0 Å². The first-order valence-electron chi connectivity index (χ1n) is 11.8. The molecular formula is C28H20F3N3O4. The Bertz CT molecular complexity index is 1700. The van der Waals surface area contributed by atoms with Crippen LogP contribution in [0.5, 0.6) is 0 Å². The van der Waals surface area contributed by atoms with Crippen LogP contribution in [0.25, 0.3) is 22.0 Å². The summed E-state index contributed by atoms with van der Waals surface area (Å²) in [4.78, 5) is 29.2. The highest BCUT2D eigenvalue weighted by molar-refractivity contribution is 6.14. The summed E-state index contributed by atoms with van der Waals surface area (Å²) in [7, 11) is 0. The zero-order chi connectivity index (χ0) is 26.7. The van der Waals surface area contributed by atoms with E-state index in [2.05, 4.69) is 10.3 Å². The molecule has 1 amide bonds. The molecule has 1 aliphatic carbocycles. The van der Waals surface area contributed by atoms with Crippen molar-refractivity contribution in [1.82, 2.24) is 14.9 Å². The average Bonchev–Trinajstić information content (AvgIpc) is 3.30. The number of oxazole rings is 1. The molecule has 0 spiro atoms. The van der Waals surface area contributed by atoms with E-state index in [0.29, 0.717) is 46.0 Å². The lowest BCUT2D eigenvalue weighted by molar-refractivity contribution is -0.137. The van der Waals surface area contributed by atoms with Gasteiger partial charge in [0.25, 0.3) is 5.91 Å². The molecule has 0 atom stereocenters. The molecule has 0 aliphatic heterocycles. The highest BCUT2D eigenvalue weighted by atomic mass is 19.4. The Labute approximate surface area is 213 Å². The van der Waals surface area contributed by atoms with Crippen LogP contribution in [-0.4, -0.2) is 26.5 Å². The molecule has 6 rings (SSSR count). The van der Waals surface area contributed by atoms with Gasteiger partial charge in [0.2, 0.25) is 0 Å². The van der Waals surface area contributed by atoms with Crippen molar-refractivity contribution in [3.63, 3.8) is 0 Å². The third kappa shape index (κ3) is 4.07. The van der Waals surface area contributed by atoms with E-state index in [1.54, 1.807) is 30.5 Å². The number of nitrogens with zero attached hydrogens (tertiary/aromatic N) is 2. The van der Waals surface area contributed by atoms with Crippen molar-refractivity contribution in [1.29, 1.82) is 0 Å². The number of fused-ring (bicyclic) bond motifs is 3. The Morgan fingerprint density at radius 3 is 2.39 bits per heavy atom. The molecule has 5 aromatic rings. The molecule has 7 nitrogen and oxygen atoms in total. The number of halogens is 3. The van der Waals surface area contributed by atoms with Crippen LogP contribution < -0.4 is 5.32 Å². The van der Waals surface area contributed by atoms with E-state index in [4.69, 9.17) is 4.42 Å². The number of carboxylic acid groups (broad SMARTS) is 1. The van der Waals surface area contributed by atoms with Crippen LogP contribution in [0.2, 0.25) is 0 Å². The minimum Gasteiger partial charge on any atom is -0.478 e. The van der Waals surface area contributed by atoms with Gasteiger partial charge in [-0.15, -0.1) is 0 Å². The zero-order valence-electron chi connectivity index (χ0n) is 19.7. The lowest BCUT2D eigenvalue weighted by Gasteiger charge is -2.19. The minimum atomic E-state index is -4.42. The van der Waals surface area contributed by atoms with Gasteiger partial charge in [-0.3, -0.25) is 4.79 Å². The van der Waals surface area contributed by atoms with E-state index in [1.165, 1.54) is 30.7 Å². The monoisotopic (exact) mass is 519 g/mol. The van der Waals surface area contributed by atoms with E-state index in [0.717, 1.165) is 17.7 Å². The molecule has 10 heteroatoms. The van der Waals surface area contributed by atoms with Crippen LogP contribution in [0.4, 0.5) is 13.2 Å². The van der Waals surface area contributed by atoms with Crippen LogP contribution in [0, 0.1) is 0 Å². The summed E-state index contributed by atoms with van der Waals surface area (Å²) in [6.45, 7) is 0.243. The van der Waals surface area contributed by atoms with E-state index in [1.807, 2.05) is 4.57 Å². The van der Waals surface area contributed by atoms with Gasteiger partial charge < -0.3 is 19.4 Å². The van der Waals surface area contributed by atoms with E-state index >= 15 is 0 Å². The molecular weight excluding hydrogens is 499 g/mol. The van der Waals surface area contributed by atoms with Crippen LogP contribution in [0.1, 0.15) is 50.2 Å². The first kappa shape index (κ1) is 23.8. The zero-order valence-corrected chi connectivity index (χ0v) is 19.7. The maximum atomic E-state index is 13.7. The fourth-order valence-electron chi connectivity index (χ4n) is 4.85. The largest absolute Gasteiger partial charge is 0.478 e. The van der Waals surface area contributed by atoms with Gasteiger partial charge in [-0.2, -0.15) is 13.2 Å². The summed E-state index contributed by atoms with van der Waals surface area (Å²) in [5, 5.41) is 13.0. The molecule has 0 unspecified atom stereocenters. The SMILES string of the molecule is O=C(O)c1ccc(C2(NC(=O)c3cc4ocnc4c4ccn(Cc5ccc(C(F)(F)F)cc5)c34)CC2)cc1. The first-order valence-corrected chi connectivity index (χ1v) is 11.8. The number of aromatic carboxylic acids is 1. The molecule has 1 aliphatic rings. The van der Waals surface area contributed by atoms with Crippen molar-refractivity contribution in [2.45, 2.75) is 31.1 Å². The quantitative estimate of drug-likeness (QED) is 0.288. The summed E-state index contributed by atoms with van der Waals surface area (Å²) in [6.07, 6.45) is 0.0438. The maximum Gasteiger partial charge on any atom is 0.416 e. The molecule has 192 valence electrons. The summed E-state index contributed by atoms with van der Waals surface area (Å²) in [5.41, 5.74) is 2.21. The molecule has 2 aromatic heterocycles. The Kier molecular flexibility index (Phi) is 5.30. The first-order chi connectivity index (χ1) is 18.1. The lowest BCUT2D eigenvalue weighted by Crippen LogP contribution is -2.35. The molecule has 0 radical (unpaired) electrons. The van der Waals surface area contributed by atoms with Crippen molar-refractivity contribution in [3.05, 3.63) is 101 Å². The fourth-order valence-corrected chi connectivity index (χ4v) is 4.85. The Hall–Kier alpha value is -4.60.